The number of benzene rings is 2. The van der Waals surface area contributed by atoms with Gasteiger partial charge in [0.2, 0.25) is 0 Å². The van der Waals surface area contributed by atoms with Gasteiger partial charge in [0.05, 0.1) is 25.0 Å². The normalized spacial score (nSPS) is 17.4. The first kappa shape index (κ1) is 22.9. The molecule has 2 amide bonds. The maximum absolute atomic E-state index is 13.6. The third kappa shape index (κ3) is 4.73. The second-order valence-electron chi connectivity index (χ2n) is 8.89. The van der Waals surface area contributed by atoms with Gasteiger partial charge in [-0.05, 0) is 54.9 Å². The lowest BCUT2D eigenvalue weighted by Gasteiger charge is -2.34. The number of nitrogens with zero attached hydrogens (tertiary/aromatic N) is 3. The maximum Gasteiger partial charge on any atom is 0.282 e. The fourth-order valence-electron chi connectivity index (χ4n) is 4.05. The van der Waals surface area contributed by atoms with Crippen molar-refractivity contribution in [3.8, 4) is 11.5 Å². The van der Waals surface area contributed by atoms with Gasteiger partial charge in [-0.3, -0.25) is 9.59 Å². The predicted molar refractivity (Wildman–Crippen MR) is 128 cm³/mol. The summed E-state index contributed by atoms with van der Waals surface area (Å²) in [6.07, 6.45) is 0. The molecule has 0 saturated carbocycles. The van der Waals surface area contributed by atoms with Crippen molar-refractivity contribution in [1.29, 1.82) is 0 Å². The Kier molecular flexibility index (Phi) is 6.70. The molecule has 0 spiro atoms. The van der Waals surface area contributed by atoms with Crippen LogP contribution in [0.4, 0.5) is 5.69 Å². The van der Waals surface area contributed by atoms with Crippen LogP contribution in [0.3, 0.4) is 0 Å². The van der Waals surface area contributed by atoms with Crippen molar-refractivity contribution >= 4 is 23.1 Å². The van der Waals surface area contributed by atoms with Crippen LogP contribution in [0.2, 0.25) is 0 Å². The van der Waals surface area contributed by atoms with Crippen LogP contribution < -0.4 is 14.4 Å². The van der Waals surface area contributed by atoms with Crippen molar-refractivity contribution in [2.45, 2.75) is 13.8 Å². The maximum atomic E-state index is 13.6. The molecular weight excluding hydrogens is 418 g/mol. The van der Waals surface area contributed by atoms with Crippen molar-refractivity contribution < 1.29 is 19.1 Å². The first-order valence-electron chi connectivity index (χ1n) is 11.3. The van der Waals surface area contributed by atoms with E-state index < -0.39 is 0 Å². The summed E-state index contributed by atoms with van der Waals surface area (Å²) in [5.41, 5.74) is 2.16. The topological polar surface area (TPSA) is 62.3 Å². The SMILES string of the molecule is COc1ccc(N2C(=O)C(c3ccc(OCC(C)C)cc3)=C(N3CCN(C)CC3)C2=O)cc1. The van der Waals surface area contributed by atoms with Gasteiger partial charge in [0.15, 0.2) is 0 Å². The molecule has 0 unspecified atom stereocenters. The van der Waals surface area contributed by atoms with E-state index >= 15 is 0 Å². The number of amides is 2. The molecule has 2 aromatic rings. The van der Waals surface area contributed by atoms with Crippen molar-refractivity contribution in [2.75, 3.05) is 51.8 Å². The summed E-state index contributed by atoms with van der Waals surface area (Å²) < 4.78 is 11.0. The quantitative estimate of drug-likeness (QED) is 0.605. The highest BCUT2D eigenvalue weighted by Gasteiger charge is 2.42. The predicted octanol–water partition coefficient (Wildman–Crippen LogP) is 3.26. The van der Waals surface area contributed by atoms with Gasteiger partial charge < -0.3 is 19.3 Å². The Hall–Kier alpha value is -3.32. The number of hydrogen-bond acceptors (Lipinski definition) is 6. The van der Waals surface area contributed by atoms with E-state index in [9.17, 15) is 9.59 Å². The van der Waals surface area contributed by atoms with Crippen molar-refractivity contribution in [3.05, 3.63) is 59.8 Å². The van der Waals surface area contributed by atoms with E-state index in [1.807, 2.05) is 29.2 Å². The van der Waals surface area contributed by atoms with E-state index in [2.05, 4.69) is 25.8 Å². The number of anilines is 1. The molecule has 0 aromatic heterocycles. The molecule has 2 aromatic carbocycles. The molecule has 33 heavy (non-hydrogen) atoms. The third-order valence-electron chi connectivity index (χ3n) is 5.94. The van der Waals surface area contributed by atoms with Gasteiger partial charge in [0.1, 0.15) is 17.2 Å². The minimum absolute atomic E-state index is 0.287. The average molecular weight is 450 g/mol. The van der Waals surface area contributed by atoms with E-state index in [0.717, 1.165) is 24.4 Å². The molecule has 0 atom stereocenters. The van der Waals surface area contributed by atoms with Crippen LogP contribution in [0.15, 0.2) is 54.2 Å². The molecule has 2 aliphatic rings. The molecule has 7 nitrogen and oxygen atoms in total. The number of carbonyl (C=O) groups is 2. The molecule has 2 aliphatic heterocycles. The number of carbonyl (C=O) groups excluding carboxylic acids is 2. The van der Waals surface area contributed by atoms with Crippen molar-refractivity contribution in [3.63, 3.8) is 0 Å². The Morgan fingerprint density at radius 2 is 1.45 bits per heavy atom. The standard InChI is InChI=1S/C26H31N3O4/c1-18(2)17-33-22-9-5-19(6-10-22)23-24(28-15-13-27(3)14-16-28)26(31)29(25(23)30)20-7-11-21(32-4)12-8-20/h5-12,18H,13-17H2,1-4H3. The number of piperazine rings is 1. The summed E-state index contributed by atoms with van der Waals surface area (Å²) in [5.74, 6) is 1.24. The molecule has 1 saturated heterocycles. The zero-order valence-electron chi connectivity index (χ0n) is 19.7. The summed E-state index contributed by atoms with van der Waals surface area (Å²) in [5, 5.41) is 0. The number of methoxy groups -OCH3 is 1. The van der Waals surface area contributed by atoms with E-state index in [1.165, 1.54) is 4.90 Å². The van der Waals surface area contributed by atoms with Crippen LogP contribution in [-0.4, -0.2) is 68.6 Å². The van der Waals surface area contributed by atoms with E-state index in [4.69, 9.17) is 9.47 Å². The molecular formula is C26H31N3O4. The minimum atomic E-state index is -0.310. The summed E-state index contributed by atoms with van der Waals surface area (Å²) in [4.78, 5) is 32.8. The molecule has 1 fully saturated rings. The Morgan fingerprint density at radius 1 is 0.848 bits per heavy atom. The van der Waals surface area contributed by atoms with Gasteiger partial charge in [-0.15, -0.1) is 0 Å². The van der Waals surface area contributed by atoms with Crippen molar-refractivity contribution in [2.24, 2.45) is 5.92 Å². The first-order valence-corrected chi connectivity index (χ1v) is 11.3. The Labute approximate surface area is 195 Å². The molecule has 7 heteroatoms. The molecule has 0 aliphatic carbocycles. The lowest BCUT2D eigenvalue weighted by Crippen LogP contribution is -2.46. The summed E-state index contributed by atoms with van der Waals surface area (Å²) in [6.45, 7) is 7.87. The highest BCUT2D eigenvalue weighted by molar-refractivity contribution is 6.45. The van der Waals surface area contributed by atoms with Crippen LogP contribution in [-0.2, 0) is 9.59 Å². The first-order chi connectivity index (χ1) is 15.9. The fourth-order valence-corrected chi connectivity index (χ4v) is 4.05. The molecule has 174 valence electrons. The van der Waals surface area contributed by atoms with Gasteiger partial charge in [-0.1, -0.05) is 26.0 Å². The van der Waals surface area contributed by atoms with Crippen molar-refractivity contribution in [1.82, 2.24) is 9.80 Å². The van der Waals surface area contributed by atoms with Gasteiger partial charge in [0.25, 0.3) is 11.8 Å². The second-order valence-corrected chi connectivity index (χ2v) is 8.89. The van der Waals surface area contributed by atoms with Crippen LogP contribution in [0.1, 0.15) is 19.4 Å². The molecule has 4 rings (SSSR count). The largest absolute Gasteiger partial charge is 0.497 e. The van der Waals surface area contributed by atoms with Crippen LogP contribution in [0.25, 0.3) is 5.57 Å². The van der Waals surface area contributed by atoms with Gasteiger partial charge in [-0.2, -0.15) is 0 Å². The number of ether oxygens (including phenoxy) is 2. The summed E-state index contributed by atoms with van der Waals surface area (Å²) >= 11 is 0. The zero-order chi connectivity index (χ0) is 23.5. The number of hydrogen-bond donors (Lipinski definition) is 0. The monoisotopic (exact) mass is 449 g/mol. The lowest BCUT2D eigenvalue weighted by molar-refractivity contribution is -0.120. The van der Waals surface area contributed by atoms with Gasteiger partial charge in [-0.25, -0.2) is 4.90 Å². The number of likely N-dealkylation sites (N-methyl/N-ethyl adjacent to an activating group) is 1. The van der Waals surface area contributed by atoms with Crippen LogP contribution in [0.5, 0.6) is 11.5 Å². The smallest absolute Gasteiger partial charge is 0.282 e. The fraction of sp³-hybridized carbons (Fsp3) is 0.385. The second kappa shape index (κ2) is 9.67. The molecule has 0 radical (unpaired) electrons. The van der Waals surface area contributed by atoms with Gasteiger partial charge in [0, 0.05) is 26.2 Å². The molecule has 0 N–H and O–H groups in total. The van der Waals surface area contributed by atoms with Gasteiger partial charge >= 0.3 is 0 Å². The van der Waals surface area contributed by atoms with Crippen LogP contribution in [0, 0.1) is 5.92 Å². The molecule has 0 bridgehead atoms. The number of imide groups is 1. The Balaban J connectivity index is 1.70. The highest BCUT2D eigenvalue weighted by atomic mass is 16.5. The van der Waals surface area contributed by atoms with E-state index in [-0.39, 0.29) is 11.8 Å². The Bertz CT molecular complexity index is 1040. The lowest BCUT2D eigenvalue weighted by atomic mass is 10.0. The minimum Gasteiger partial charge on any atom is -0.497 e. The van der Waals surface area contributed by atoms with E-state index in [1.54, 1.807) is 31.4 Å². The zero-order valence-corrected chi connectivity index (χ0v) is 19.7. The Morgan fingerprint density at radius 3 is 2.03 bits per heavy atom. The summed E-state index contributed by atoms with van der Waals surface area (Å²) in [7, 11) is 3.65. The van der Waals surface area contributed by atoms with Crippen LogP contribution >= 0.6 is 0 Å². The van der Waals surface area contributed by atoms with E-state index in [0.29, 0.717) is 48.3 Å². The summed E-state index contributed by atoms with van der Waals surface area (Å²) in [6, 6.07) is 14.4. The molecule has 2 heterocycles. The third-order valence-corrected chi connectivity index (χ3v) is 5.94. The average Bonchev–Trinajstić information content (AvgIpc) is 3.08. The number of rotatable bonds is 7. The highest BCUT2D eigenvalue weighted by Crippen LogP contribution is 2.36.